The van der Waals surface area contributed by atoms with Gasteiger partial charge in [0.05, 0.1) is 16.4 Å². The zero-order valence-corrected chi connectivity index (χ0v) is 12.6. The zero-order valence-electron chi connectivity index (χ0n) is 11.0. The Hall–Kier alpha value is -2.36. The first kappa shape index (κ1) is 14.6. The highest BCUT2D eigenvalue weighted by Gasteiger charge is 2.18. The summed E-state index contributed by atoms with van der Waals surface area (Å²) in [6, 6.07) is 9.86. The van der Waals surface area contributed by atoms with Gasteiger partial charge in [-0.15, -0.1) is 0 Å². The Balaban J connectivity index is 1.91. The molecule has 7 heteroatoms. The normalized spacial score (nSPS) is 15.8. The van der Waals surface area contributed by atoms with Gasteiger partial charge in [0.1, 0.15) is 17.5 Å². The summed E-state index contributed by atoms with van der Waals surface area (Å²) < 4.78 is 13.0. The van der Waals surface area contributed by atoms with Gasteiger partial charge in [-0.05, 0) is 47.5 Å². The van der Waals surface area contributed by atoms with Crippen molar-refractivity contribution >= 4 is 34.6 Å². The molecule has 0 radical (unpaired) electrons. The van der Waals surface area contributed by atoms with Crippen LogP contribution in [0.4, 0.5) is 4.39 Å². The van der Waals surface area contributed by atoms with Crippen molar-refractivity contribution in [2.24, 2.45) is 0 Å². The molecule has 0 bridgehead atoms. The summed E-state index contributed by atoms with van der Waals surface area (Å²) in [5, 5.41) is 15.1. The Labute approximate surface area is 135 Å². The van der Waals surface area contributed by atoms with E-state index in [1.807, 2.05) is 5.41 Å². The van der Waals surface area contributed by atoms with Gasteiger partial charge in [-0.1, -0.05) is 11.8 Å². The number of benzene rings is 1. The lowest BCUT2D eigenvalue weighted by atomic mass is 10.1. The van der Waals surface area contributed by atoms with Gasteiger partial charge in [0.2, 0.25) is 5.28 Å². The second-order valence-electron chi connectivity index (χ2n) is 4.31. The van der Waals surface area contributed by atoms with Crippen LogP contribution in [0, 0.1) is 17.1 Å². The Morgan fingerprint density at radius 3 is 2.73 bits per heavy atom. The molecular weight excluding hydrogens is 323 g/mol. The number of nitrogens with one attached hydrogen (secondary N) is 1. The van der Waals surface area contributed by atoms with Gasteiger partial charge in [-0.3, -0.25) is 0 Å². The van der Waals surface area contributed by atoms with E-state index in [2.05, 4.69) is 21.4 Å². The number of nitrogens with zero attached hydrogens (tertiary/aromatic N) is 3. The Kier molecular flexibility index (Phi) is 4.09. The number of nitriles is 1. The minimum absolute atomic E-state index is 0.0839. The minimum Gasteiger partial charge on any atom is -0.348 e. The van der Waals surface area contributed by atoms with Crippen LogP contribution in [0.1, 0.15) is 11.3 Å². The molecule has 3 rings (SSSR count). The van der Waals surface area contributed by atoms with E-state index in [4.69, 9.17) is 11.6 Å². The molecule has 108 valence electrons. The molecule has 4 nitrogen and oxygen atoms in total. The highest BCUT2D eigenvalue weighted by Crippen LogP contribution is 2.34. The summed E-state index contributed by atoms with van der Waals surface area (Å²) in [6.07, 6.45) is 1.50. The van der Waals surface area contributed by atoms with Crippen molar-refractivity contribution in [2.75, 3.05) is 0 Å². The van der Waals surface area contributed by atoms with Crippen LogP contribution in [0.25, 0.3) is 11.3 Å². The molecule has 2 heterocycles. The van der Waals surface area contributed by atoms with Gasteiger partial charge in [-0.25, -0.2) is 14.4 Å². The molecule has 0 spiro atoms. The summed E-state index contributed by atoms with van der Waals surface area (Å²) >= 11 is 7.13. The molecule has 1 N–H and O–H groups in total. The molecule has 0 amide bonds. The number of hydrogen-bond acceptors (Lipinski definition) is 5. The predicted molar refractivity (Wildman–Crippen MR) is 84.7 cm³/mol. The lowest BCUT2D eigenvalue weighted by Crippen LogP contribution is -2.07. The minimum atomic E-state index is -0.292. The molecule has 1 aliphatic heterocycles. The van der Waals surface area contributed by atoms with Crippen molar-refractivity contribution in [3.63, 3.8) is 0 Å². The first-order valence-electron chi connectivity index (χ1n) is 6.20. The fourth-order valence-corrected chi connectivity index (χ4v) is 2.90. The summed E-state index contributed by atoms with van der Waals surface area (Å²) in [5.74, 6) is -0.292. The lowest BCUT2D eigenvalue weighted by Gasteiger charge is -2.07. The number of allylic oxidation sites excluding steroid dienone is 1. The predicted octanol–water partition coefficient (Wildman–Crippen LogP) is 3.80. The molecular formula is C15H8ClFN4S. The fourth-order valence-electron chi connectivity index (χ4n) is 1.89. The highest BCUT2D eigenvalue weighted by molar-refractivity contribution is 8.06. The molecule has 0 saturated carbocycles. The van der Waals surface area contributed by atoms with E-state index in [0.29, 0.717) is 16.3 Å². The maximum atomic E-state index is 13.0. The van der Waals surface area contributed by atoms with E-state index in [1.54, 1.807) is 18.2 Å². The van der Waals surface area contributed by atoms with Crippen molar-refractivity contribution in [3.8, 4) is 6.07 Å². The average Bonchev–Trinajstić information content (AvgIpc) is 2.98. The molecule has 1 aromatic carbocycles. The van der Waals surface area contributed by atoms with Crippen LogP contribution in [0.3, 0.4) is 0 Å². The van der Waals surface area contributed by atoms with Crippen molar-refractivity contribution in [3.05, 3.63) is 69.3 Å². The third-order valence-electron chi connectivity index (χ3n) is 2.92. The lowest BCUT2D eigenvalue weighted by molar-refractivity contribution is 0.627. The quantitative estimate of drug-likeness (QED) is 0.670. The monoisotopic (exact) mass is 330 g/mol. The van der Waals surface area contributed by atoms with Crippen molar-refractivity contribution in [2.45, 2.75) is 0 Å². The number of thioether (sulfide) groups is 1. The van der Waals surface area contributed by atoms with Crippen molar-refractivity contribution in [1.82, 2.24) is 15.3 Å². The summed E-state index contributed by atoms with van der Waals surface area (Å²) in [5.41, 5.74) is 2.46. The van der Waals surface area contributed by atoms with E-state index in [9.17, 15) is 9.65 Å². The largest absolute Gasteiger partial charge is 0.348 e. The van der Waals surface area contributed by atoms with Gasteiger partial charge in [-0.2, -0.15) is 5.26 Å². The number of rotatable bonds is 2. The number of halogens is 2. The zero-order chi connectivity index (χ0) is 15.5. The van der Waals surface area contributed by atoms with E-state index < -0.39 is 0 Å². The summed E-state index contributed by atoms with van der Waals surface area (Å²) in [6.45, 7) is 0. The third kappa shape index (κ3) is 2.96. The van der Waals surface area contributed by atoms with Crippen LogP contribution in [0.5, 0.6) is 0 Å². The van der Waals surface area contributed by atoms with E-state index in [1.165, 1.54) is 30.1 Å². The van der Waals surface area contributed by atoms with Crippen LogP contribution in [-0.2, 0) is 0 Å². The number of aromatic nitrogens is 2. The molecule has 1 aromatic heterocycles. The Morgan fingerprint density at radius 1 is 1.27 bits per heavy atom. The summed E-state index contributed by atoms with van der Waals surface area (Å²) in [4.78, 5) is 7.85. The highest BCUT2D eigenvalue weighted by atomic mass is 35.5. The first-order chi connectivity index (χ1) is 10.7. The van der Waals surface area contributed by atoms with E-state index in [0.717, 1.165) is 11.3 Å². The average molecular weight is 331 g/mol. The van der Waals surface area contributed by atoms with Gasteiger partial charge in [0.15, 0.2) is 0 Å². The van der Waals surface area contributed by atoms with Gasteiger partial charge >= 0.3 is 0 Å². The second kappa shape index (κ2) is 6.18. The first-order valence-corrected chi connectivity index (χ1v) is 7.46. The Morgan fingerprint density at radius 2 is 2.05 bits per heavy atom. The fraction of sp³-hybridized carbons (Fsp3) is 0. The van der Waals surface area contributed by atoms with Crippen LogP contribution in [0.15, 0.2) is 47.0 Å². The topological polar surface area (TPSA) is 61.6 Å². The maximum Gasteiger partial charge on any atom is 0.222 e. The molecule has 1 aliphatic rings. The van der Waals surface area contributed by atoms with Gasteiger partial charge < -0.3 is 5.32 Å². The van der Waals surface area contributed by atoms with E-state index in [-0.39, 0.29) is 11.1 Å². The molecule has 2 aromatic rings. The van der Waals surface area contributed by atoms with Crippen LogP contribution in [0.2, 0.25) is 5.28 Å². The Bertz CT molecular complexity index is 824. The molecule has 0 atom stereocenters. The van der Waals surface area contributed by atoms with Gasteiger partial charge in [0.25, 0.3) is 0 Å². The van der Waals surface area contributed by atoms with Crippen molar-refractivity contribution in [1.29, 1.82) is 5.26 Å². The molecule has 0 fully saturated rings. The second-order valence-corrected chi connectivity index (χ2v) is 5.53. The maximum absolute atomic E-state index is 13.0. The third-order valence-corrected chi connectivity index (χ3v) is 4.00. The summed E-state index contributed by atoms with van der Waals surface area (Å²) in [7, 11) is 0. The molecule has 22 heavy (non-hydrogen) atoms. The van der Waals surface area contributed by atoms with Crippen LogP contribution in [-0.4, -0.2) is 9.97 Å². The standard InChI is InChI=1S/C15H8ClFN4S/c16-15-19-6-5-12(21-15)11(7-18)14-20-13(8-22-14)9-1-3-10(17)4-2-9/h1-6,8,20H. The SMILES string of the molecule is N#CC(=C1NC(c2ccc(F)cc2)=CS1)c1ccnc(Cl)n1. The smallest absolute Gasteiger partial charge is 0.222 e. The molecule has 0 aliphatic carbocycles. The van der Waals surface area contributed by atoms with Crippen molar-refractivity contribution < 1.29 is 4.39 Å². The van der Waals surface area contributed by atoms with E-state index >= 15 is 0 Å². The van der Waals surface area contributed by atoms with Crippen LogP contribution >= 0.6 is 23.4 Å². The van der Waals surface area contributed by atoms with Gasteiger partial charge in [0, 0.05) is 11.6 Å². The van der Waals surface area contributed by atoms with Crippen LogP contribution < -0.4 is 5.32 Å². The molecule has 0 saturated heterocycles. The molecule has 0 unspecified atom stereocenters. The number of hydrogen-bond donors (Lipinski definition) is 1.